The van der Waals surface area contributed by atoms with E-state index in [4.69, 9.17) is 9.47 Å². The van der Waals surface area contributed by atoms with Gasteiger partial charge in [-0.3, -0.25) is 4.79 Å². The van der Waals surface area contributed by atoms with E-state index in [2.05, 4.69) is 12.2 Å². The van der Waals surface area contributed by atoms with Crippen LogP contribution >= 0.6 is 0 Å². The summed E-state index contributed by atoms with van der Waals surface area (Å²) < 4.78 is 10.5. The van der Waals surface area contributed by atoms with Gasteiger partial charge in [0.25, 0.3) is 0 Å². The van der Waals surface area contributed by atoms with Gasteiger partial charge < -0.3 is 14.8 Å². The molecule has 0 aromatic heterocycles. The number of carbonyl (C=O) groups excluding carboxylic acids is 2. The van der Waals surface area contributed by atoms with Gasteiger partial charge in [-0.1, -0.05) is 56.5 Å². The number of nitrogens with one attached hydrogen (secondary N) is 1. The fourth-order valence-corrected chi connectivity index (χ4v) is 2.64. The first-order valence-electron chi connectivity index (χ1n) is 8.35. The quantitative estimate of drug-likeness (QED) is 0.561. The Morgan fingerprint density at radius 3 is 2.74 bits per heavy atom. The first-order chi connectivity index (χ1) is 11.2. The number of rotatable bonds is 9. The van der Waals surface area contributed by atoms with Crippen molar-refractivity contribution in [1.82, 2.24) is 5.32 Å². The summed E-state index contributed by atoms with van der Waals surface area (Å²) in [6, 6.07) is 9.70. The molecule has 0 spiro atoms. The summed E-state index contributed by atoms with van der Waals surface area (Å²) in [7, 11) is 0. The van der Waals surface area contributed by atoms with Crippen LogP contribution in [0.15, 0.2) is 30.3 Å². The molecule has 1 aliphatic heterocycles. The van der Waals surface area contributed by atoms with Crippen LogP contribution in [-0.2, 0) is 20.7 Å². The van der Waals surface area contributed by atoms with E-state index in [0.29, 0.717) is 12.8 Å². The van der Waals surface area contributed by atoms with Gasteiger partial charge >= 0.3 is 12.1 Å². The fraction of sp³-hybridized carbons (Fsp3) is 0.556. The second kappa shape index (κ2) is 9.18. The maximum atomic E-state index is 11.7. The van der Waals surface area contributed by atoms with Crippen molar-refractivity contribution in [3.05, 3.63) is 35.9 Å². The van der Waals surface area contributed by atoms with E-state index in [9.17, 15) is 9.59 Å². The molecule has 2 rings (SSSR count). The Bertz CT molecular complexity index is 503. The number of benzene rings is 1. The number of esters is 1. The lowest BCUT2D eigenvalue weighted by Crippen LogP contribution is -2.36. The van der Waals surface area contributed by atoms with E-state index < -0.39 is 12.2 Å². The number of hydrogen-bond acceptors (Lipinski definition) is 4. The first-order valence-corrected chi connectivity index (χ1v) is 8.35. The van der Waals surface area contributed by atoms with Gasteiger partial charge in [0.15, 0.2) is 6.10 Å². The first kappa shape index (κ1) is 17.3. The molecule has 1 saturated heterocycles. The zero-order valence-electron chi connectivity index (χ0n) is 13.6. The standard InChI is InChI=1S/C18H25NO4/c1-2-3-4-8-11-17(20)22-13-16-15(19-18(21)23-16)12-14-9-6-5-7-10-14/h5-7,9-10,15-16H,2-4,8,11-13H2,1H3,(H,19,21)/t15-,16-/m1/s1. The molecular formula is C18H25NO4. The zero-order chi connectivity index (χ0) is 16.5. The highest BCUT2D eigenvalue weighted by atomic mass is 16.6. The van der Waals surface area contributed by atoms with Crippen molar-refractivity contribution in [3.63, 3.8) is 0 Å². The van der Waals surface area contributed by atoms with E-state index >= 15 is 0 Å². The highest BCUT2D eigenvalue weighted by Crippen LogP contribution is 2.15. The predicted octanol–water partition coefficient (Wildman–Crippen LogP) is 3.22. The molecule has 1 aliphatic rings. The third-order valence-electron chi connectivity index (χ3n) is 3.95. The Labute approximate surface area is 137 Å². The van der Waals surface area contributed by atoms with E-state index in [1.165, 1.54) is 0 Å². The molecular weight excluding hydrogens is 294 g/mol. The van der Waals surface area contributed by atoms with Gasteiger partial charge in [-0.2, -0.15) is 0 Å². The lowest BCUT2D eigenvalue weighted by Gasteiger charge is -2.17. The highest BCUT2D eigenvalue weighted by molar-refractivity contribution is 5.71. The van der Waals surface area contributed by atoms with Gasteiger partial charge in [-0.05, 0) is 18.4 Å². The van der Waals surface area contributed by atoms with E-state index in [0.717, 1.165) is 31.2 Å². The van der Waals surface area contributed by atoms with Gasteiger partial charge in [0.1, 0.15) is 6.61 Å². The number of unbranched alkanes of at least 4 members (excludes halogenated alkanes) is 3. The Morgan fingerprint density at radius 2 is 2.00 bits per heavy atom. The lowest BCUT2D eigenvalue weighted by molar-refractivity contribution is -0.146. The minimum absolute atomic E-state index is 0.114. The van der Waals surface area contributed by atoms with Crippen molar-refractivity contribution < 1.29 is 19.1 Å². The Morgan fingerprint density at radius 1 is 1.22 bits per heavy atom. The lowest BCUT2D eigenvalue weighted by atomic mass is 10.0. The SMILES string of the molecule is CCCCCCC(=O)OC[C@H]1OC(=O)N[C@@H]1Cc1ccccc1. The van der Waals surface area contributed by atoms with Crippen LogP contribution in [0.25, 0.3) is 0 Å². The largest absolute Gasteiger partial charge is 0.462 e. The van der Waals surface area contributed by atoms with Crippen molar-refractivity contribution in [1.29, 1.82) is 0 Å². The molecule has 1 aromatic carbocycles. The maximum absolute atomic E-state index is 11.7. The molecule has 126 valence electrons. The van der Waals surface area contributed by atoms with Gasteiger partial charge in [-0.15, -0.1) is 0 Å². The Kier molecular flexibility index (Phi) is 6.91. The van der Waals surface area contributed by atoms with Crippen LogP contribution in [0.2, 0.25) is 0 Å². The van der Waals surface area contributed by atoms with Crippen LogP contribution in [-0.4, -0.2) is 30.8 Å². The van der Waals surface area contributed by atoms with Gasteiger partial charge in [0, 0.05) is 6.42 Å². The van der Waals surface area contributed by atoms with Crippen LogP contribution in [0, 0.1) is 0 Å². The number of alkyl carbamates (subject to hydrolysis) is 1. The molecule has 0 saturated carbocycles. The highest BCUT2D eigenvalue weighted by Gasteiger charge is 2.34. The van der Waals surface area contributed by atoms with E-state index in [1.807, 2.05) is 30.3 Å². The van der Waals surface area contributed by atoms with Gasteiger partial charge in [0.2, 0.25) is 0 Å². The summed E-state index contributed by atoms with van der Waals surface area (Å²) in [5, 5.41) is 2.78. The molecule has 5 nitrogen and oxygen atoms in total. The van der Waals surface area contributed by atoms with Crippen LogP contribution in [0.3, 0.4) is 0 Å². The number of amides is 1. The number of carbonyl (C=O) groups is 2. The molecule has 1 aromatic rings. The third-order valence-corrected chi connectivity index (χ3v) is 3.95. The molecule has 1 amide bonds. The van der Waals surface area contributed by atoms with Crippen LogP contribution in [0.1, 0.15) is 44.6 Å². The number of hydrogen-bond donors (Lipinski definition) is 1. The normalized spacial score (nSPS) is 20.0. The van der Waals surface area contributed by atoms with E-state index in [1.54, 1.807) is 0 Å². The molecule has 23 heavy (non-hydrogen) atoms. The maximum Gasteiger partial charge on any atom is 0.407 e. The topological polar surface area (TPSA) is 64.6 Å². The zero-order valence-corrected chi connectivity index (χ0v) is 13.6. The van der Waals surface area contributed by atoms with Gasteiger partial charge in [0.05, 0.1) is 6.04 Å². The summed E-state index contributed by atoms with van der Waals surface area (Å²) in [5.74, 6) is -0.220. The summed E-state index contributed by atoms with van der Waals surface area (Å²) in [6.45, 7) is 2.25. The third kappa shape index (κ3) is 5.93. The van der Waals surface area contributed by atoms with Crippen molar-refractivity contribution >= 4 is 12.1 Å². The summed E-state index contributed by atoms with van der Waals surface area (Å²) in [5.41, 5.74) is 1.11. The summed E-state index contributed by atoms with van der Waals surface area (Å²) in [4.78, 5) is 23.2. The second-order valence-electron chi connectivity index (χ2n) is 5.88. The summed E-state index contributed by atoms with van der Waals surface area (Å²) in [6.07, 6.45) is 4.38. The fourth-order valence-electron chi connectivity index (χ4n) is 2.64. The molecule has 0 bridgehead atoms. The smallest absolute Gasteiger partial charge is 0.407 e. The van der Waals surface area contributed by atoms with Crippen LogP contribution < -0.4 is 5.32 Å². The van der Waals surface area contributed by atoms with Crippen LogP contribution in [0.4, 0.5) is 4.79 Å². The predicted molar refractivity (Wildman–Crippen MR) is 87.1 cm³/mol. The molecule has 0 unspecified atom stereocenters. The molecule has 5 heteroatoms. The number of cyclic esters (lactones) is 1. The van der Waals surface area contributed by atoms with Crippen molar-refractivity contribution in [2.75, 3.05) is 6.61 Å². The average molecular weight is 319 g/mol. The minimum atomic E-state index is -0.449. The van der Waals surface area contributed by atoms with Crippen molar-refractivity contribution in [2.24, 2.45) is 0 Å². The molecule has 1 heterocycles. The molecule has 1 fully saturated rings. The molecule has 2 atom stereocenters. The monoisotopic (exact) mass is 319 g/mol. The second-order valence-corrected chi connectivity index (χ2v) is 5.88. The van der Waals surface area contributed by atoms with Gasteiger partial charge in [-0.25, -0.2) is 4.79 Å². The molecule has 0 aliphatic carbocycles. The Hall–Kier alpha value is -2.04. The van der Waals surface area contributed by atoms with Crippen molar-refractivity contribution in [2.45, 2.75) is 57.6 Å². The van der Waals surface area contributed by atoms with E-state index in [-0.39, 0.29) is 18.6 Å². The van der Waals surface area contributed by atoms with Crippen molar-refractivity contribution in [3.8, 4) is 0 Å². The van der Waals surface area contributed by atoms with Crippen LogP contribution in [0.5, 0.6) is 0 Å². The summed E-state index contributed by atoms with van der Waals surface area (Å²) >= 11 is 0. The average Bonchev–Trinajstić information content (AvgIpc) is 2.90. The molecule has 0 radical (unpaired) electrons. The molecule has 1 N–H and O–H groups in total. The minimum Gasteiger partial charge on any atom is -0.462 e. The number of ether oxygens (including phenoxy) is 2. The Balaban J connectivity index is 1.76.